The lowest BCUT2D eigenvalue weighted by molar-refractivity contribution is 0.171. The van der Waals surface area contributed by atoms with E-state index >= 15 is 0 Å². The largest absolute Gasteiger partial charge is 0.507 e. The molecule has 1 aromatic heterocycles. The normalized spacial score (nSPS) is 12.5. The fourth-order valence-corrected chi connectivity index (χ4v) is 3.19. The Morgan fingerprint density at radius 2 is 1.70 bits per heavy atom. The van der Waals surface area contributed by atoms with Gasteiger partial charge >= 0.3 is 0 Å². The zero-order valence-electron chi connectivity index (χ0n) is 15.9. The van der Waals surface area contributed by atoms with Gasteiger partial charge in [-0.15, -0.1) is 0 Å². The minimum atomic E-state index is 0.0324. The van der Waals surface area contributed by atoms with Gasteiger partial charge in [0.15, 0.2) is 17.3 Å². The highest BCUT2D eigenvalue weighted by Gasteiger charge is 2.16. The van der Waals surface area contributed by atoms with Gasteiger partial charge in [0.1, 0.15) is 30.5 Å². The third kappa shape index (κ3) is 3.77. The lowest BCUT2D eigenvalue weighted by atomic mass is 10.1. The Labute approximate surface area is 172 Å². The lowest BCUT2D eigenvalue weighted by Crippen LogP contribution is -2.15. The summed E-state index contributed by atoms with van der Waals surface area (Å²) in [5, 5.41) is 14.3. The molecular weight excluding hydrogens is 384 g/mol. The van der Waals surface area contributed by atoms with Crippen molar-refractivity contribution in [2.24, 2.45) is 0 Å². The maximum absolute atomic E-state index is 10.3. The first-order valence-corrected chi connectivity index (χ1v) is 9.52. The van der Waals surface area contributed by atoms with Crippen molar-refractivity contribution in [2.45, 2.75) is 6.42 Å². The number of hydrogen-bond donors (Lipinski definition) is 1. The first kappa shape index (κ1) is 18.1. The van der Waals surface area contributed by atoms with Gasteiger partial charge < -0.3 is 23.8 Å². The van der Waals surface area contributed by atoms with Crippen LogP contribution < -0.4 is 14.2 Å². The standard InChI is InChI=1S/C23H18N2O5/c26-19-8-7-17(29-16-4-2-1-3-5-16)14-18(19)23-24-22(25-30-23)13-15-6-9-20-21(12-15)28-11-10-27-20/h1-9,12,14,26H,10-11,13H2. The summed E-state index contributed by atoms with van der Waals surface area (Å²) in [6, 6.07) is 20.0. The molecule has 0 radical (unpaired) electrons. The van der Waals surface area contributed by atoms with Gasteiger partial charge in [0.2, 0.25) is 0 Å². The highest BCUT2D eigenvalue weighted by Crippen LogP contribution is 2.34. The zero-order chi connectivity index (χ0) is 20.3. The molecule has 0 spiro atoms. The minimum Gasteiger partial charge on any atom is -0.507 e. The number of hydrogen-bond acceptors (Lipinski definition) is 7. The SMILES string of the molecule is Oc1ccc(Oc2ccccc2)cc1-c1nc(Cc2ccc3c(c2)OCCO3)no1. The van der Waals surface area contributed by atoms with Crippen molar-refractivity contribution in [2.75, 3.05) is 13.2 Å². The molecule has 4 aromatic rings. The monoisotopic (exact) mass is 402 g/mol. The van der Waals surface area contributed by atoms with Gasteiger partial charge in [0, 0.05) is 6.42 Å². The van der Waals surface area contributed by atoms with Crippen molar-refractivity contribution in [3.63, 3.8) is 0 Å². The summed E-state index contributed by atoms with van der Waals surface area (Å²) in [4.78, 5) is 4.43. The van der Waals surface area contributed by atoms with E-state index in [0.29, 0.717) is 48.3 Å². The summed E-state index contributed by atoms with van der Waals surface area (Å²) in [5.74, 6) is 3.45. The summed E-state index contributed by atoms with van der Waals surface area (Å²) in [6.07, 6.45) is 0.459. The summed E-state index contributed by atoms with van der Waals surface area (Å²) in [7, 11) is 0. The Balaban J connectivity index is 1.36. The molecule has 3 aromatic carbocycles. The van der Waals surface area contributed by atoms with E-state index in [9.17, 15) is 5.11 Å². The summed E-state index contributed by atoms with van der Waals surface area (Å²) in [5.41, 5.74) is 1.38. The number of fused-ring (bicyclic) bond motifs is 1. The molecule has 2 heterocycles. The van der Waals surface area contributed by atoms with Crippen LogP contribution in [-0.4, -0.2) is 28.5 Å². The maximum atomic E-state index is 10.3. The van der Waals surface area contributed by atoms with Gasteiger partial charge in [-0.05, 0) is 48.0 Å². The number of phenols is 1. The van der Waals surface area contributed by atoms with E-state index in [2.05, 4.69) is 10.1 Å². The van der Waals surface area contributed by atoms with E-state index < -0.39 is 0 Å². The van der Waals surface area contributed by atoms with Crippen molar-refractivity contribution < 1.29 is 23.8 Å². The number of aromatic nitrogens is 2. The van der Waals surface area contributed by atoms with Gasteiger partial charge in [0.05, 0.1) is 5.56 Å². The van der Waals surface area contributed by atoms with Gasteiger partial charge in [-0.3, -0.25) is 0 Å². The Hall–Kier alpha value is -4.00. The molecule has 30 heavy (non-hydrogen) atoms. The number of phenolic OH excluding ortho intramolecular Hbond substituents is 1. The smallest absolute Gasteiger partial charge is 0.261 e. The molecule has 5 rings (SSSR count). The van der Waals surface area contributed by atoms with Crippen LogP contribution >= 0.6 is 0 Å². The average molecular weight is 402 g/mol. The molecule has 0 bridgehead atoms. The van der Waals surface area contributed by atoms with Crippen molar-refractivity contribution >= 4 is 0 Å². The van der Waals surface area contributed by atoms with Crippen LogP contribution in [0.3, 0.4) is 0 Å². The Kier molecular flexibility index (Phi) is 4.69. The first-order valence-electron chi connectivity index (χ1n) is 9.52. The van der Waals surface area contributed by atoms with Gasteiger partial charge in [0.25, 0.3) is 5.89 Å². The molecule has 0 aliphatic carbocycles. The van der Waals surface area contributed by atoms with E-state index in [1.807, 2.05) is 48.5 Å². The van der Waals surface area contributed by atoms with Crippen LogP contribution in [0.1, 0.15) is 11.4 Å². The molecule has 0 atom stereocenters. The third-order valence-electron chi connectivity index (χ3n) is 4.61. The minimum absolute atomic E-state index is 0.0324. The Morgan fingerprint density at radius 3 is 2.57 bits per heavy atom. The Bertz CT molecular complexity index is 1170. The van der Waals surface area contributed by atoms with E-state index in [1.165, 1.54) is 6.07 Å². The molecule has 7 nitrogen and oxygen atoms in total. The van der Waals surface area contributed by atoms with E-state index in [-0.39, 0.29) is 11.6 Å². The summed E-state index contributed by atoms with van der Waals surface area (Å²) < 4.78 is 22.4. The van der Waals surface area contributed by atoms with Crippen molar-refractivity contribution in [1.82, 2.24) is 10.1 Å². The number of para-hydroxylation sites is 1. The molecule has 150 valence electrons. The topological polar surface area (TPSA) is 86.8 Å². The molecule has 0 fully saturated rings. The van der Waals surface area contributed by atoms with E-state index in [4.69, 9.17) is 18.7 Å². The number of aromatic hydroxyl groups is 1. The molecule has 1 aliphatic rings. The fourth-order valence-electron chi connectivity index (χ4n) is 3.19. The van der Waals surface area contributed by atoms with Gasteiger partial charge in [-0.2, -0.15) is 4.98 Å². The predicted octanol–water partition coefficient (Wildman–Crippen LogP) is 4.60. The second kappa shape index (κ2) is 7.79. The second-order valence-corrected chi connectivity index (χ2v) is 6.76. The van der Waals surface area contributed by atoms with Crippen LogP contribution in [0, 0.1) is 0 Å². The molecule has 1 aliphatic heterocycles. The lowest BCUT2D eigenvalue weighted by Gasteiger charge is -2.18. The summed E-state index contributed by atoms with van der Waals surface area (Å²) >= 11 is 0. The average Bonchev–Trinajstić information content (AvgIpc) is 3.24. The van der Waals surface area contributed by atoms with Crippen LogP contribution in [0.5, 0.6) is 28.7 Å². The molecular formula is C23H18N2O5. The number of benzene rings is 3. The van der Waals surface area contributed by atoms with Crippen molar-refractivity contribution in [3.8, 4) is 40.2 Å². The number of rotatable bonds is 5. The predicted molar refractivity (Wildman–Crippen MR) is 108 cm³/mol. The summed E-state index contributed by atoms with van der Waals surface area (Å²) in [6.45, 7) is 1.08. The first-order chi connectivity index (χ1) is 14.7. The van der Waals surface area contributed by atoms with Crippen molar-refractivity contribution in [1.29, 1.82) is 0 Å². The fraction of sp³-hybridized carbons (Fsp3) is 0.130. The van der Waals surface area contributed by atoms with Gasteiger partial charge in [-0.25, -0.2) is 0 Å². The van der Waals surface area contributed by atoms with Gasteiger partial charge in [-0.1, -0.05) is 29.4 Å². The second-order valence-electron chi connectivity index (χ2n) is 6.76. The molecule has 0 amide bonds. The van der Waals surface area contributed by atoms with Crippen LogP contribution in [0.15, 0.2) is 71.3 Å². The molecule has 0 saturated carbocycles. The molecule has 0 saturated heterocycles. The quantitative estimate of drug-likeness (QED) is 0.522. The number of ether oxygens (including phenoxy) is 3. The van der Waals surface area contributed by atoms with E-state index in [0.717, 1.165) is 11.3 Å². The number of nitrogens with zero attached hydrogens (tertiary/aromatic N) is 2. The molecule has 1 N–H and O–H groups in total. The van der Waals surface area contributed by atoms with Crippen LogP contribution in [0.4, 0.5) is 0 Å². The van der Waals surface area contributed by atoms with E-state index in [1.54, 1.807) is 12.1 Å². The maximum Gasteiger partial charge on any atom is 0.261 e. The van der Waals surface area contributed by atoms with Crippen LogP contribution in [0.2, 0.25) is 0 Å². The molecule has 7 heteroatoms. The van der Waals surface area contributed by atoms with Crippen molar-refractivity contribution in [3.05, 3.63) is 78.1 Å². The zero-order valence-corrected chi connectivity index (χ0v) is 15.9. The van der Waals surface area contributed by atoms with Crippen LogP contribution in [-0.2, 0) is 6.42 Å². The molecule has 0 unspecified atom stereocenters. The van der Waals surface area contributed by atoms with Crippen LogP contribution in [0.25, 0.3) is 11.5 Å². The highest BCUT2D eigenvalue weighted by molar-refractivity contribution is 5.64. The highest BCUT2D eigenvalue weighted by atomic mass is 16.6. The third-order valence-corrected chi connectivity index (χ3v) is 4.61. The Morgan fingerprint density at radius 1 is 0.867 bits per heavy atom.